The Morgan fingerprint density at radius 2 is 1.75 bits per heavy atom. The van der Waals surface area contributed by atoms with E-state index in [-0.39, 0.29) is 6.10 Å². The van der Waals surface area contributed by atoms with Gasteiger partial charge in [0.25, 0.3) is 0 Å². The van der Waals surface area contributed by atoms with Gasteiger partial charge >= 0.3 is 0 Å². The molecule has 1 nitrogen and oxygen atoms in total. The van der Waals surface area contributed by atoms with E-state index in [0.717, 1.165) is 11.8 Å². The summed E-state index contributed by atoms with van der Waals surface area (Å²) in [5.74, 6) is 3.08. The molecule has 0 radical (unpaired) electrons. The lowest BCUT2D eigenvalue weighted by atomic mass is 9.55. The Balaban J connectivity index is 1.93. The quantitative estimate of drug-likeness (QED) is 0.633. The molecule has 4 fully saturated rings. The van der Waals surface area contributed by atoms with Crippen LogP contribution in [0.25, 0.3) is 0 Å². The van der Waals surface area contributed by atoms with Crippen molar-refractivity contribution in [3.63, 3.8) is 0 Å². The number of halogens is 1. The van der Waals surface area contributed by atoms with Gasteiger partial charge in [0, 0.05) is 4.83 Å². The standard InChI is InChI=1S/C10H15BrO/c11-9-6-1-5-2-7(4-6)10(12)8(9)3-5/h5-10,12H,1-4H2/t5?,6?,7?,8?,9-,10-/m0/s1. The summed E-state index contributed by atoms with van der Waals surface area (Å²) >= 11 is 3.76. The molecule has 1 N–H and O–H groups in total. The van der Waals surface area contributed by atoms with Crippen LogP contribution in [0.2, 0.25) is 0 Å². The molecule has 4 unspecified atom stereocenters. The molecule has 68 valence electrons. The Hall–Kier alpha value is 0.440. The van der Waals surface area contributed by atoms with Crippen molar-refractivity contribution in [1.82, 2.24) is 0 Å². The molecule has 0 aliphatic heterocycles. The van der Waals surface area contributed by atoms with E-state index in [1.807, 2.05) is 0 Å². The molecular weight excluding hydrogens is 216 g/mol. The number of aliphatic hydroxyl groups is 1. The highest BCUT2D eigenvalue weighted by atomic mass is 79.9. The summed E-state index contributed by atoms with van der Waals surface area (Å²) in [4.78, 5) is 0.625. The van der Waals surface area contributed by atoms with Gasteiger partial charge < -0.3 is 5.11 Å². The third-order valence-corrected chi connectivity index (χ3v) is 5.69. The molecule has 0 amide bonds. The molecule has 0 saturated heterocycles. The summed E-state index contributed by atoms with van der Waals surface area (Å²) in [7, 11) is 0. The first-order valence-corrected chi connectivity index (χ1v) is 5.99. The minimum absolute atomic E-state index is 0.0159. The molecule has 0 aromatic carbocycles. The maximum atomic E-state index is 9.97. The smallest absolute Gasteiger partial charge is 0.0607 e. The van der Waals surface area contributed by atoms with Crippen molar-refractivity contribution in [2.45, 2.75) is 36.6 Å². The van der Waals surface area contributed by atoms with E-state index in [0.29, 0.717) is 16.7 Å². The van der Waals surface area contributed by atoms with Crippen LogP contribution in [0.3, 0.4) is 0 Å². The molecule has 4 saturated carbocycles. The largest absolute Gasteiger partial charge is 0.393 e. The summed E-state index contributed by atoms with van der Waals surface area (Å²) in [6.07, 6.45) is 5.32. The van der Waals surface area contributed by atoms with Gasteiger partial charge in [-0.3, -0.25) is 0 Å². The Morgan fingerprint density at radius 1 is 1.00 bits per heavy atom. The summed E-state index contributed by atoms with van der Waals surface area (Å²) in [6.45, 7) is 0. The maximum absolute atomic E-state index is 9.97. The Bertz CT molecular complexity index is 188. The summed E-state index contributed by atoms with van der Waals surface area (Å²) in [5, 5.41) is 9.97. The normalized spacial score (nSPS) is 62.5. The van der Waals surface area contributed by atoms with Crippen LogP contribution < -0.4 is 0 Å². The van der Waals surface area contributed by atoms with Crippen LogP contribution in [-0.2, 0) is 0 Å². The first-order chi connectivity index (χ1) is 5.75. The first-order valence-electron chi connectivity index (χ1n) is 5.08. The lowest BCUT2D eigenvalue weighted by Gasteiger charge is -2.55. The monoisotopic (exact) mass is 230 g/mol. The van der Waals surface area contributed by atoms with Gasteiger partial charge in [-0.2, -0.15) is 0 Å². The van der Waals surface area contributed by atoms with Crippen LogP contribution >= 0.6 is 15.9 Å². The Labute approximate surface area is 81.7 Å². The summed E-state index contributed by atoms with van der Waals surface area (Å²) in [5.41, 5.74) is 0. The zero-order chi connectivity index (χ0) is 8.29. The van der Waals surface area contributed by atoms with Gasteiger partial charge in [-0.1, -0.05) is 15.9 Å². The molecule has 0 aromatic rings. The van der Waals surface area contributed by atoms with Gasteiger partial charge in [0.2, 0.25) is 0 Å². The number of hydrogen-bond acceptors (Lipinski definition) is 1. The van der Waals surface area contributed by atoms with Crippen molar-refractivity contribution in [3.05, 3.63) is 0 Å². The Kier molecular flexibility index (Phi) is 1.61. The molecule has 0 aromatic heterocycles. The third kappa shape index (κ3) is 0.884. The van der Waals surface area contributed by atoms with Crippen LogP contribution in [0.4, 0.5) is 0 Å². The van der Waals surface area contributed by atoms with Crippen LogP contribution in [0.5, 0.6) is 0 Å². The predicted molar refractivity (Wildman–Crippen MR) is 51.1 cm³/mol. The average molecular weight is 231 g/mol. The minimum Gasteiger partial charge on any atom is -0.393 e. The molecule has 6 atom stereocenters. The van der Waals surface area contributed by atoms with Crippen molar-refractivity contribution in [2.75, 3.05) is 0 Å². The van der Waals surface area contributed by atoms with Crippen molar-refractivity contribution >= 4 is 15.9 Å². The lowest BCUT2D eigenvalue weighted by Crippen LogP contribution is -2.54. The van der Waals surface area contributed by atoms with Crippen LogP contribution in [0.15, 0.2) is 0 Å². The van der Waals surface area contributed by atoms with Gasteiger partial charge in [-0.25, -0.2) is 0 Å². The molecule has 4 bridgehead atoms. The SMILES string of the molecule is O[C@H]1C2CC3CC(C2)[C@H](Br)C1C3. The van der Waals surface area contributed by atoms with E-state index in [9.17, 15) is 5.11 Å². The molecule has 0 spiro atoms. The van der Waals surface area contributed by atoms with E-state index in [2.05, 4.69) is 15.9 Å². The molecule has 4 aliphatic carbocycles. The molecule has 0 heterocycles. The molecule has 4 aliphatic rings. The second-order valence-corrected chi connectivity index (χ2v) is 5.99. The lowest BCUT2D eigenvalue weighted by molar-refractivity contribution is -0.0857. The zero-order valence-corrected chi connectivity index (χ0v) is 8.70. The summed E-state index contributed by atoms with van der Waals surface area (Å²) in [6, 6.07) is 0. The second-order valence-electron chi connectivity index (χ2n) is 4.93. The molecule has 12 heavy (non-hydrogen) atoms. The van der Waals surface area contributed by atoms with Crippen molar-refractivity contribution in [3.8, 4) is 0 Å². The average Bonchev–Trinajstić information content (AvgIpc) is 2.07. The number of rotatable bonds is 0. The predicted octanol–water partition coefficient (Wildman–Crippen LogP) is 2.18. The van der Waals surface area contributed by atoms with Gasteiger partial charge in [0.05, 0.1) is 6.10 Å². The number of aliphatic hydroxyl groups excluding tert-OH is 1. The van der Waals surface area contributed by atoms with Crippen molar-refractivity contribution in [1.29, 1.82) is 0 Å². The summed E-state index contributed by atoms with van der Waals surface area (Å²) < 4.78 is 0. The van der Waals surface area contributed by atoms with Crippen molar-refractivity contribution < 1.29 is 5.11 Å². The van der Waals surface area contributed by atoms with Crippen molar-refractivity contribution in [2.24, 2.45) is 23.7 Å². The highest BCUT2D eigenvalue weighted by molar-refractivity contribution is 9.09. The molecular formula is C10H15BrO. The van der Waals surface area contributed by atoms with Gasteiger partial charge in [0.1, 0.15) is 0 Å². The van der Waals surface area contributed by atoms with E-state index in [1.165, 1.54) is 25.7 Å². The number of hydrogen-bond donors (Lipinski definition) is 1. The highest BCUT2D eigenvalue weighted by Gasteiger charge is 2.52. The zero-order valence-electron chi connectivity index (χ0n) is 7.12. The minimum atomic E-state index is 0.0159. The third-order valence-electron chi connectivity index (χ3n) is 4.26. The fraction of sp³-hybridized carbons (Fsp3) is 1.00. The Morgan fingerprint density at radius 3 is 2.58 bits per heavy atom. The van der Waals surface area contributed by atoms with E-state index >= 15 is 0 Å². The molecule has 4 rings (SSSR count). The van der Waals surface area contributed by atoms with E-state index < -0.39 is 0 Å². The van der Waals surface area contributed by atoms with Gasteiger partial charge in [0.15, 0.2) is 0 Å². The fourth-order valence-corrected chi connectivity index (χ4v) is 4.77. The molecule has 2 heteroatoms. The van der Waals surface area contributed by atoms with Crippen LogP contribution in [0, 0.1) is 23.7 Å². The number of alkyl halides is 1. The van der Waals surface area contributed by atoms with Gasteiger partial charge in [-0.05, 0) is 49.4 Å². The van der Waals surface area contributed by atoms with E-state index in [1.54, 1.807) is 0 Å². The maximum Gasteiger partial charge on any atom is 0.0607 e. The van der Waals surface area contributed by atoms with E-state index in [4.69, 9.17) is 0 Å². The highest BCUT2D eigenvalue weighted by Crippen LogP contribution is 2.55. The second kappa shape index (κ2) is 2.48. The fourth-order valence-electron chi connectivity index (χ4n) is 3.81. The van der Waals surface area contributed by atoms with Gasteiger partial charge in [-0.15, -0.1) is 0 Å². The van der Waals surface area contributed by atoms with Crippen LogP contribution in [0.1, 0.15) is 25.7 Å². The first kappa shape index (κ1) is 7.81. The van der Waals surface area contributed by atoms with Crippen LogP contribution in [-0.4, -0.2) is 16.0 Å². The topological polar surface area (TPSA) is 20.2 Å².